The van der Waals surface area contributed by atoms with Crippen LogP contribution in [0.25, 0.3) is 0 Å². The van der Waals surface area contributed by atoms with E-state index in [4.69, 9.17) is 0 Å². The number of anilines is 1. The fourth-order valence-corrected chi connectivity index (χ4v) is 2.04. The standard InChI is InChI=1S/C15H23N3/c1-5-6-7-10-18(12(2)3)15-14(11-16)13(4)8-9-17-15/h8-9,12H,5-7,10H2,1-4H3. The SMILES string of the molecule is CCCCCN(c1nccc(C)c1C#N)C(C)C. The van der Waals surface area contributed by atoms with Crippen molar-refractivity contribution in [3.63, 3.8) is 0 Å². The summed E-state index contributed by atoms with van der Waals surface area (Å²) in [7, 11) is 0. The van der Waals surface area contributed by atoms with Crippen molar-refractivity contribution in [3.8, 4) is 6.07 Å². The quantitative estimate of drug-likeness (QED) is 0.718. The van der Waals surface area contributed by atoms with Gasteiger partial charge in [-0.15, -0.1) is 0 Å². The van der Waals surface area contributed by atoms with E-state index in [0.717, 1.165) is 24.3 Å². The minimum Gasteiger partial charge on any atom is -0.353 e. The van der Waals surface area contributed by atoms with E-state index in [2.05, 4.69) is 36.7 Å². The number of unbranched alkanes of at least 4 members (excludes halogenated alkanes) is 2. The Bertz CT molecular complexity index is 418. The molecule has 0 aliphatic rings. The number of aromatic nitrogens is 1. The first kappa shape index (κ1) is 14.5. The van der Waals surface area contributed by atoms with Gasteiger partial charge in [-0.05, 0) is 38.8 Å². The molecule has 98 valence electrons. The summed E-state index contributed by atoms with van der Waals surface area (Å²) < 4.78 is 0. The fraction of sp³-hybridized carbons (Fsp3) is 0.600. The summed E-state index contributed by atoms with van der Waals surface area (Å²) in [6.45, 7) is 9.44. The molecular weight excluding hydrogens is 222 g/mol. The van der Waals surface area contributed by atoms with E-state index in [1.165, 1.54) is 12.8 Å². The van der Waals surface area contributed by atoms with Crippen LogP contribution in [0.5, 0.6) is 0 Å². The van der Waals surface area contributed by atoms with Gasteiger partial charge in [-0.1, -0.05) is 19.8 Å². The second kappa shape index (κ2) is 7.00. The summed E-state index contributed by atoms with van der Waals surface area (Å²) in [6.07, 6.45) is 5.37. The summed E-state index contributed by atoms with van der Waals surface area (Å²) in [4.78, 5) is 6.65. The molecule has 0 saturated heterocycles. The van der Waals surface area contributed by atoms with E-state index < -0.39 is 0 Å². The first-order valence-electron chi connectivity index (χ1n) is 6.74. The average molecular weight is 245 g/mol. The van der Waals surface area contributed by atoms with Crippen molar-refractivity contribution >= 4 is 5.82 Å². The molecule has 0 aromatic carbocycles. The van der Waals surface area contributed by atoms with Gasteiger partial charge in [0.25, 0.3) is 0 Å². The first-order chi connectivity index (χ1) is 8.61. The van der Waals surface area contributed by atoms with Crippen LogP contribution in [0.4, 0.5) is 5.82 Å². The molecule has 0 fully saturated rings. The van der Waals surface area contributed by atoms with Crippen LogP contribution in [0.1, 0.15) is 51.2 Å². The van der Waals surface area contributed by atoms with Crippen LogP contribution >= 0.6 is 0 Å². The molecular formula is C15H23N3. The Morgan fingerprint density at radius 2 is 2.11 bits per heavy atom. The lowest BCUT2D eigenvalue weighted by Crippen LogP contribution is -2.33. The Morgan fingerprint density at radius 1 is 1.39 bits per heavy atom. The van der Waals surface area contributed by atoms with Crippen LogP contribution in [0.2, 0.25) is 0 Å². The van der Waals surface area contributed by atoms with Crippen LogP contribution in [0.3, 0.4) is 0 Å². The van der Waals surface area contributed by atoms with Gasteiger partial charge >= 0.3 is 0 Å². The maximum atomic E-state index is 9.28. The Labute approximate surface area is 110 Å². The molecule has 0 bridgehead atoms. The van der Waals surface area contributed by atoms with Gasteiger partial charge in [0.05, 0.1) is 5.56 Å². The highest BCUT2D eigenvalue weighted by Crippen LogP contribution is 2.22. The van der Waals surface area contributed by atoms with Gasteiger partial charge in [-0.25, -0.2) is 4.98 Å². The number of hydrogen-bond donors (Lipinski definition) is 0. The summed E-state index contributed by atoms with van der Waals surface area (Å²) >= 11 is 0. The third-order valence-electron chi connectivity index (χ3n) is 3.15. The van der Waals surface area contributed by atoms with E-state index in [9.17, 15) is 5.26 Å². The van der Waals surface area contributed by atoms with Gasteiger partial charge in [0.15, 0.2) is 0 Å². The van der Waals surface area contributed by atoms with E-state index in [0.29, 0.717) is 11.6 Å². The highest BCUT2D eigenvalue weighted by molar-refractivity contribution is 5.57. The smallest absolute Gasteiger partial charge is 0.146 e. The third-order valence-corrected chi connectivity index (χ3v) is 3.15. The Morgan fingerprint density at radius 3 is 2.67 bits per heavy atom. The molecule has 3 nitrogen and oxygen atoms in total. The Kier molecular flexibility index (Phi) is 5.64. The number of rotatable bonds is 6. The molecule has 0 amide bonds. The van der Waals surface area contributed by atoms with Crippen molar-refractivity contribution in [1.82, 2.24) is 4.98 Å². The van der Waals surface area contributed by atoms with Gasteiger partial charge in [0.1, 0.15) is 11.9 Å². The highest BCUT2D eigenvalue weighted by atomic mass is 15.2. The van der Waals surface area contributed by atoms with Crippen LogP contribution in [-0.2, 0) is 0 Å². The molecule has 0 spiro atoms. The maximum absolute atomic E-state index is 9.28. The van der Waals surface area contributed by atoms with Crippen molar-refractivity contribution in [2.75, 3.05) is 11.4 Å². The molecule has 1 heterocycles. The van der Waals surface area contributed by atoms with Gasteiger partial charge in [0.2, 0.25) is 0 Å². The largest absolute Gasteiger partial charge is 0.353 e. The normalized spacial score (nSPS) is 10.4. The summed E-state index contributed by atoms with van der Waals surface area (Å²) in [5, 5.41) is 9.28. The second-order valence-corrected chi connectivity index (χ2v) is 4.93. The second-order valence-electron chi connectivity index (χ2n) is 4.93. The monoisotopic (exact) mass is 245 g/mol. The van der Waals surface area contributed by atoms with E-state index in [1.807, 2.05) is 13.0 Å². The Balaban J connectivity index is 2.99. The zero-order chi connectivity index (χ0) is 13.5. The highest BCUT2D eigenvalue weighted by Gasteiger charge is 2.16. The zero-order valence-electron chi connectivity index (χ0n) is 11.9. The summed E-state index contributed by atoms with van der Waals surface area (Å²) in [5.41, 5.74) is 1.71. The molecule has 0 saturated carbocycles. The van der Waals surface area contributed by atoms with Crippen molar-refractivity contribution in [1.29, 1.82) is 5.26 Å². The predicted octanol–water partition coefficient (Wildman–Crippen LogP) is 3.67. The van der Waals surface area contributed by atoms with E-state index in [1.54, 1.807) is 6.20 Å². The number of hydrogen-bond acceptors (Lipinski definition) is 3. The first-order valence-corrected chi connectivity index (χ1v) is 6.74. The predicted molar refractivity (Wildman–Crippen MR) is 75.7 cm³/mol. The topological polar surface area (TPSA) is 39.9 Å². The van der Waals surface area contributed by atoms with Crippen molar-refractivity contribution in [3.05, 3.63) is 23.4 Å². The molecule has 18 heavy (non-hydrogen) atoms. The summed E-state index contributed by atoms with van der Waals surface area (Å²) in [5.74, 6) is 0.837. The van der Waals surface area contributed by atoms with Crippen molar-refractivity contribution in [2.45, 2.75) is 53.0 Å². The number of nitriles is 1. The molecule has 1 aromatic heterocycles. The molecule has 0 unspecified atom stereocenters. The average Bonchev–Trinajstić information content (AvgIpc) is 2.34. The van der Waals surface area contributed by atoms with Gasteiger partial charge in [-0.3, -0.25) is 0 Å². The van der Waals surface area contributed by atoms with Crippen LogP contribution in [-0.4, -0.2) is 17.6 Å². The fourth-order valence-electron chi connectivity index (χ4n) is 2.04. The molecule has 0 atom stereocenters. The van der Waals surface area contributed by atoms with Crippen molar-refractivity contribution < 1.29 is 0 Å². The minimum atomic E-state index is 0.364. The van der Waals surface area contributed by atoms with Gasteiger partial charge in [-0.2, -0.15) is 5.26 Å². The third kappa shape index (κ3) is 3.46. The number of aryl methyl sites for hydroxylation is 1. The number of nitrogens with zero attached hydrogens (tertiary/aromatic N) is 3. The lowest BCUT2D eigenvalue weighted by molar-refractivity contribution is 0.619. The molecule has 0 aliphatic heterocycles. The zero-order valence-corrected chi connectivity index (χ0v) is 11.9. The van der Waals surface area contributed by atoms with E-state index in [-0.39, 0.29) is 0 Å². The molecule has 0 N–H and O–H groups in total. The minimum absolute atomic E-state index is 0.364. The van der Waals surface area contributed by atoms with E-state index >= 15 is 0 Å². The lowest BCUT2D eigenvalue weighted by atomic mass is 10.1. The molecule has 3 heteroatoms. The van der Waals surface area contributed by atoms with Gasteiger partial charge < -0.3 is 4.90 Å². The molecule has 1 rings (SSSR count). The maximum Gasteiger partial charge on any atom is 0.146 e. The number of pyridine rings is 1. The summed E-state index contributed by atoms with van der Waals surface area (Å²) in [6, 6.07) is 4.55. The molecule has 0 radical (unpaired) electrons. The lowest BCUT2D eigenvalue weighted by Gasteiger charge is -2.29. The van der Waals surface area contributed by atoms with Gasteiger partial charge in [0, 0.05) is 18.8 Å². The molecule has 1 aromatic rings. The Hall–Kier alpha value is -1.56. The van der Waals surface area contributed by atoms with Crippen LogP contribution in [0, 0.1) is 18.3 Å². The molecule has 0 aliphatic carbocycles. The van der Waals surface area contributed by atoms with Crippen molar-refractivity contribution in [2.24, 2.45) is 0 Å². The van der Waals surface area contributed by atoms with Crippen LogP contribution in [0.15, 0.2) is 12.3 Å². The van der Waals surface area contributed by atoms with Crippen LogP contribution < -0.4 is 4.90 Å².